The van der Waals surface area contributed by atoms with Crippen molar-refractivity contribution in [1.29, 1.82) is 0 Å². The van der Waals surface area contributed by atoms with Crippen LogP contribution in [0.1, 0.15) is 13.3 Å². The fraction of sp³-hybridized carbons (Fsp3) is 0.286. The molecule has 1 heterocycles. The molecule has 19 heavy (non-hydrogen) atoms. The number of amides is 2. The molecule has 0 fully saturated rings. The van der Waals surface area contributed by atoms with Crippen molar-refractivity contribution in [2.24, 2.45) is 0 Å². The van der Waals surface area contributed by atoms with E-state index in [1.807, 2.05) is 25.1 Å². The lowest BCUT2D eigenvalue weighted by Gasteiger charge is -2.11. The van der Waals surface area contributed by atoms with Gasteiger partial charge >= 0.3 is 6.03 Å². The summed E-state index contributed by atoms with van der Waals surface area (Å²) in [4.78, 5) is 16.0. The van der Waals surface area contributed by atoms with Crippen molar-refractivity contribution in [3.63, 3.8) is 0 Å². The fourth-order valence-electron chi connectivity index (χ4n) is 1.78. The Morgan fingerprint density at radius 3 is 3.00 bits per heavy atom. The Balaban J connectivity index is 2.32. The average Bonchev–Trinajstić information content (AvgIpc) is 2.44. The number of nitrogens with one attached hydrogen (secondary N) is 2. The summed E-state index contributed by atoms with van der Waals surface area (Å²) in [7, 11) is 1.60. The molecule has 100 valence electrons. The van der Waals surface area contributed by atoms with Crippen molar-refractivity contribution >= 4 is 22.6 Å². The third-order valence-corrected chi connectivity index (χ3v) is 2.70. The van der Waals surface area contributed by atoms with Crippen LogP contribution in [-0.4, -0.2) is 24.7 Å². The zero-order chi connectivity index (χ0) is 13.7. The minimum atomic E-state index is -0.234. The lowest BCUT2D eigenvalue weighted by atomic mass is 10.2. The first-order chi connectivity index (χ1) is 9.24. The van der Waals surface area contributed by atoms with E-state index >= 15 is 0 Å². The normalized spacial score (nSPS) is 10.2. The molecule has 1 aromatic heterocycles. The van der Waals surface area contributed by atoms with Gasteiger partial charge in [0.15, 0.2) is 0 Å². The second kappa shape index (κ2) is 6.04. The van der Waals surface area contributed by atoms with Gasteiger partial charge in [-0.15, -0.1) is 0 Å². The van der Waals surface area contributed by atoms with Crippen LogP contribution in [0.3, 0.4) is 0 Å². The van der Waals surface area contributed by atoms with Crippen LogP contribution in [0.4, 0.5) is 10.5 Å². The molecule has 0 saturated heterocycles. The molecule has 0 aliphatic carbocycles. The minimum Gasteiger partial charge on any atom is -0.497 e. The number of ether oxygens (including phenoxy) is 1. The number of carbonyl (C=O) groups is 1. The Bertz CT molecular complexity index is 584. The highest BCUT2D eigenvalue weighted by atomic mass is 16.5. The van der Waals surface area contributed by atoms with E-state index in [-0.39, 0.29) is 6.03 Å². The van der Waals surface area contributed by atoms with Crippen LogP contribution in [-0.2, 0) is 0 Å². The molecule has 2 amide bonds. The molecule has 0 atom stereocenters. The summed E-state index contributed by atoms with van der Waals surface area (Å²) in [6.07, 6.45) is 2.59. The van der Waals surface area contributed by atoms with E-state index in [1.165, 1.54) is 0 Å². The largest absolute Gasteiger partial charge is 0.497 e. The standard InChI is InChI=1S/C14H17N3O2/c1-3-6-16-14(18)17-12-9-11(19-2)8-10-5-4-7-15-13(10)12/h4-5,7-9H,3,6H2,1-2H3,(H2,16,17,18). The molecule has 0 aliphatic rings. The first-order valence-electron chi connectivity index (χ1n) is 6.22. The van der Waals surface area contributed by atoms with Gasteiger partial charge in [-0.1, -0.05) is 13.0 Å². The maximum atomic E-state index is 11.7. The molecule has 0 aliphatic heterocycles. The summed E-state index contributed by atoms with van der Waals surface area (Å²) >= 11 is 0. The van der Waals surface area contributed by atoms with Gasteiger partial charge in [0.2, 0.25) is 0 Å². The third kappa shape index (κ3) is 3.13. The Labute approximate surface area is 112 Å². The Hall–Kier alpha value is -2.30. The summed E-state index contributed by atoms with van der Waals surface area (Å²) in [5.74, 6) is 0.686. The highest BCUT2D eigenvalue weighted by molar-refractivity contribution is 6.00. The molecular weight excluding hydrogens is 242 g/mol. The van der Waals surface area contributed by atoms with E-state index in [1.54, 1.807) is 19.4 Å². The predicted octanol–water partition coefficient (Wildman–Crippen LogP) is 2.77. The van der Waals surface area contributed by atoms with Gasteiger partial charge in [0.25, 0.3) is 0 Å². The summed E-state index contributed by atoms with van der Waals surface area (Å²) in [6.45, 7) is 2.64. The Morgan fingerprint density at radius 1 is 1.42 bits per heavy atom. The van der Waals surface area contributed by atoms with Gasteiger partial charge in [-0.2, -0.15) is 0 Å². The highest BCUT2D eigenvalue weighted by Crippen LogP contribution is 2.27. The quantitative estimate of drug-likeness (QED) is 0.887. The lowest BCUT2D eigenvalue weighted by molar-refractivity contribution is 0.252. The van der Waals surface area contributed by atoms with Gasteiger partial charge < -0.3 is 15.4 Å². The number of nitrogens with zero attached hydrogens (tertiary/aromatic N) is 1. The van der Waals surface area contributed by atoms with Gasteiger partial charge in [-0.05, 0) is 18.6 Å². The molecule has 2 aromatic rings. The average molecular weight is 259 g/mol. The molecule has 0 radical (unpaired) electrons. The lowest BCUT2D eigenvalue weighted by Crippen LogP contribution is -2.29. The Morgan fingerprint density at radius 2 is 2.26 bits per heavy atom. The molecule has 0 bridgehead atoms. The molecule has 5 nitrogen and oxygen atoms in total. The van der Waals surface area contributed by atoms with Crippen LogP contribution >= 0.6 is 0 Å². The minimum absolute atomic E-state index is 0.234. The van der Waals surface area contributed by atoms with Crippen molar-refractivity contribution in [3.05, 3.63) is 30.5 Å². The number of methoxy groups -OCH3 is 1. The molecular formula is C14H17N3O2. The number of fused-ring (bicyclic) bond motifs is 1. The summed E-state index contributed by atoms with van der Waals surface area (Å²) in [6, 6.07) is 7.20. The topological polar surface area (TPSA) is 63.2 Å². The van der Waals surface area contributed by atoms with Crippen LogP contribution in [0.15, 0.2) is 30.5 Å². The zero-order valence-electron chi connectivity index (χ0n) is 11.1. The van der Waals surface area contributed by atoms with Gasteiger partial charge in [0.05, 0.1) is 18.3 Å². The maximum Gasteiger partial charge on any atom is 0.319 e. The molecule has 5 heteroatoms. The van der Waals surface area contributed by atoms with Crippen LogP contribution in [0.5, 0.6) is 5.75 Å². The smallest absolute Gasteiger partial charge is 0.319 e. The first kappa shape index (κ1) is 13.1. The van der Waals surface area contributed by atoms with Crippen molar-refractivity contribution < 1.29 is 9.53 Å². The molecule has 1 aromatic carbocycles. The van der Waals surface area contributed by atoms with Crippen molar-refractivity contribution in [2.75, 3.05) is 19.0 Å². The van der Waals surface area contributed by atoms with E-state index in [9.17, 15) is 4.79 Å². The summed E-state index contributed by atoms with van der Waals surface area (Å²) < 4.78 is 5.23. The van der Waals surface area contributed by atoms with Crippen LogP contribution in [0.2, 0.25) is 0 Å². The van der Waals surface area contributed by atoms with Crippen molar-refractivity contribution in [1.82, 2.24) is 10.3 Å². The van der Waals surface area contributed by atoms with Crippen LogP contribution in [0.25, 0.3) is 10.9 Å². The third-order valence-electron chi connectivity index (χ3n) is 2.70. The van der Waals surface area contributed by atoms with E-state index in [0.29, 0.717) is 18.0 Å². The highest BCUT2D eigenvalue weighted by Gasteiger charge is 2.08. The number of anilines is 1. The number of rotatable bonds is 4. The molecule has 0 unspecified atom stereocenters. The molecule has 2 rings (SSSR count). The van der Waals surface area contributed by atoms with Crippen molar-refractivity contribution in [2.45, 2.75) is 13.3 Å². The van der Waals surface area contributed by atoms with Gasteiger partial charge in [-0.3, -0.25) is 4.98 Å². The van der Waals surface area contributed by atoms with E-state index in [0.717, 1.165) is 17.3 Å². The second-order valence-electron chi connectivity index (χ2n) is 4.13. The first-order valence-corrected chi connectivity index (χ1v) is 6.22. The van der Waals surface area contributed by atoms with E-state index in [4.69, 9.17) is 4.74 Å². The van der Waals surface area contributed by atoms with Gasteiger partial charge in [0, 0.05) is 24.2 Å². The van der Waals surface area contributed by atoms with Gasteiger partial charge in [-0.25, -0.2) is 4.79 Å². The number of pyridine rings is 1. The number of benzene rings is 1. The second-order valence-corrected chi connectivity index (χ2v) is 4.13. The number of carbonyl (C=O) groups excluding carboxylic acids is 1. The van der Waals surface area contributed by atoms with Crippen LogP contribution < -0.4 is 15.4 Å². The number of urea groups is 1. The zero-order valence-corrected chi connectivity index (χ0v) is 11.1. The maximum absolute atomic E-state index is 11.7. The molecule has 0 saturated carbocycles. The fourth-order valence-corrected chi connectivity index (χ4v) is 1.78. The van der Waals surface area contributed by atoms with E-state index < -0.39 is 0 Å². The molecule has 2 N–H and O–H groups in total. The number of hydrogen-bond donors (Lipinski definition) is 2. The predicted molar refractivity (Wildman–Crippen MR) is 75.6 cm³/mol. The summed E-state index contributed by atoms with van der Waals surface area (Å²) in [5.41, 5.74) is 1.39. The summed E-state index contributed by atoms with van der Waals surface area (Å²) in [5, 5.41) is 6.49. The van der Waals surface area contributed by atoms with Crippen LogP contribution in [0, 0.1) is 0 Å². The monoisotopic (exact) mass is 259 g/mol. The number of hydrogen-bond acceptors (Lipinski definition) is 3. The Kier molecular flexibility index (Phi) is 4.18. The molecule has 0 spiro atoms. The number of aromatic nitrogens is 1. The van der Waals surface area contributed by atoms with E-state index in [2.05, 4.69) is 15.6 Å². The van der Waals surface area contributed by atoms with Gasteiger partial charge in [0.1, 0.15) is 5.75 Å². The SMILES string of the molecule is CCCNC(=O)Nc1cc(OC)cc2cccnc12. The van der Waals surface area contributed by atoms with Crippen molar-refractivity contribution in [3.8, 4) is 5.75 Å².